The highest BCUT2D eigenvalue weighted by Crippen LogP contribution is 2.29. The van der Waals surface area contributed by atoms with E-state index in [9.17, 15) is 0 Å². The first-order chi connectivity index (χ1) is 8.85. The van der Waals surface area contributed by atoms with Gasteiger partial charge in [-0.3, -0.25) is 0 Å². The normalized spacial score (nSPS) is 18.8. The van der Waals surface area contributed by atoms with Crippen molar-refractivity contribution >= 4 is 0 Å². The van der Waals surface area contributed by atoms with Gasteiger partial charge in [0.25, 0.3) is 0 Å². The highest BCUT2D eigenvalue weighted by atomic mass is 16.5. The zero-order valence-corrected chi connectivity index (χ0v) is 11.6. The second kappa shape index (κ2) is 6.91. The van der Waals surface area contributed by atoms with Gasteiger partial charge in [-0.1, -0.05) is 31.2 Å². The van der Waals surface area contributed by atoms with Crippen LogP contribution in [-0.4, -0.2) is 20.3 Å². The molecule has 1 aromatic carbocycles. The molecule has 0 aromatic heterocycles. The second-order valence-electron chi connectivity index (χ2n) is 5.19. The van der Waals surface area contributed by atoms with Gasteiger partial charge in [0.15, 0.2) is 0 Å². The third kappa shape index (κ3) is 3.33. The maximum atomic E-state index is 5.45. The molecule has 100 valence electrons. The van der Waals surface area contributed by atoms with Crippen molar-refractivity contribution in [1.82, 2.24) is 5.32 Å². The lowest BCUT2D eigenvalue weighted by Gasteiger charge is -2.27. The first-order valence-corrected chi connectivity index (χ1v) is 7.18. The molecule has 1 heterocycles. The van der Waals surface area contributed by atoms with Gasteiger partial charge in [0.05, 0.1) is 0 Å². The molecule has 18 heavy (non-hydrogen) atoms. The van der Waals surface area contributed by atoms with Crippen LogP contribution in [0.4, 0.5) is 0 Å². The third-order valence-corrected chi connectivity index (χ3v) is 4.07. The highest BCUT2D eigenvalue weighted by molar-refractivity contribution is 5.30. The molecule has 1 aromatic rings. The maximum Gasteiger partial charge on any atom is 0.0468 e. The molecule has 1 saturated heterocycles. The molecule has 0 bridgehead atoms. The fraction of sp³-hybridized carbons (Fsp3) is 0.625. The van der Waals surface area contributed by atoms with Crippen molar-refractivity contribution in [1.29, 1.82) is 0 Å². The van der Waals surface area contributed by atoms with Crippen LogP contribution in [0.3, 0.4) is 0 Å². The topological polar surface area (TPSA) is 21.3 Å². The largest absolute Gasteiger partial charge is 0.381 e. The lowest BCUT2D eigenvalue weighted by Crippen LogP contribution is -2.24. The van der Waals surface area contributed by atoms with Crippen LogP contribution in [0.1, 0.15) is 43.4 Å². The summed E-state index contributed by atoms with van der Waals surface area (Å²) in [5.74, 6) is 0.807. The summed E-state index contributed by atoms with van der Waals surface area (Å²) in [5, 5.41) is 3.50. The molecule has 0 radical (unpaired) electrons. The van der Waals surface area contributed by atoms with Crippen molar-refractivity contribution in [3.8, 4) is 0 Å². The molecule has 1 N–H and O–H groups in total. The zero-order valence-electron chi connectivity index (χ0n) is 11.6. The minimum absolute atomic E-state index is 0.490. The molecule has 1 fully saturated rings. The van der Waals surface area contributed by atoms with Crippen LogP contribution in [0.25, 0.3) is 0 Å². The molecule has 0 saturated carbocycles. The van der Waals surface area contributed by atoms with E-state index in [2.05, 4.69) is 43.6 Å². The smallest absolute Gasteiger partial charge is 0.0468 e. The van der Waals surface area contributed by atoms with Crippen LogP contribution in [0, 0.1) is 5.92 Å². The molecular weight excluding hydrogens is 222 g/mol. The summed E-state index contributed by atoms with van der Waals surface area (Å²) in [4.78, 5) is 0. The monoisotopic (exact) mass is 247 g/mol. The summed E-state index contributed by atoms with van der Waals surface area (Å²) in [6, 6.07) is 9.32. The Morgan fingerprint density at radius 1 is 1.28 bits per heavy atom. The van der Waals surface area contributed by atoms with Gasteiger partial charge in [0.2, 0.25) is 0 Å². The minimum atomic E-state index is 0.490. The molecule has 0 aliphatic carbocycles. The molecule has 1 aliphatic rings. The predicted molar refractivity (Wildman–Crippen MR) is 75.8 cm³/mol. The van der Waals surface area contributed by atoms with Crippen LogP contribution in [0.15, 0.2) is 24.3 Å². The van der Waals surface area contributed by atoms with Crippen molar-refractivity contribution in [2.24, 2.45) is 5.92 Å². The number of aryl methyl sites for hydroxylation is 1. The van der Waals surface area contributed by atoms with E-state index in [-0.39, 0.29) is 0 Å². The third-order valence-electron chi connectivity index (χ3n) is 4.07. The van der Waals surface area contributed by atoms with Crippen LogP contribution < -0.4 is 5.32 Å². The summed E-state index contributed by atoms with van der Waals surface area (Å²) in [6.07, 6.45) is 4.78. The average Bonchev–Trinajstić information content (AvgIpc) is 2.46. The summed E-state index contributed by atoms with van der Waals surface area (Å²) in [7, 11) is 2.08. The van der Waals surface area contributed by atoms with Crippen LogP contribution in [-0.2, 0) is 11.2 Å². The summed E-state index contributed by atoms with van der Waals surface area (Å²) < 4.78 is 5.45. The Bertz CT molecular complexity index is 358. The van der Waals surface area contributed by atoms with Gasteiger partial charge in [-0.15, -0.1) is 0 Å². The fourth-order valence-electron chi connectivity index (χ4n) is 2.91. The molecular formula is C16H25NO. The lowest BCUT2D eigenvalue weighted by molar-refractivity contribution is 0.0607. The summed E-state index contributed by atoms with van der Waals surface area (Å²) >= 11 is 0. The van der Waals surface area contributed by atoms with Crippen LogP contribution in [0.5, 0.6) is 0 Å². The van der Waals surface area contributed by atoms with Crippen LogP contribution in [0.2, 0.25) is 0 Å². The predicted octanol–water partition coefficient (Wildman–Crippen LogP) is 3.33. The van der Waals surface area contributed by atoms with E-state index < -0.39 is 0 Å². The molecule has 1 aliphatic heterocycles. The molecule has 0 spiro atoms. The van der Waals surface area contributed by atoms with Gasteiger partial charge in [0.1, 0.15) is 0 Å². The van der Waals surface area contributed by atoms with Gasteiger partial charge >= 0.3 is 0 Å². The van der Waals surface area contributed by atoms with Crippen molar-refractivity contribution < 1.29 is 4.74 Å². The Kier molecular flexibility index (Phi) is 5.21. The van der Waals surface area contributed by atoms with Gasteiger partial charge in [0, 0.05) is 19.3 Å². The Labute approximate surface area is 111 Å². The minimum Gasteiger partial charge on any atom is -0.381 e. The molecule has 2 heteroatoms. The Morgan fingerprint density at radius 3 is 2.67 bits per heavy atom. The Morgan fingerprint density at radius 2 is 2.00 bits per heavy atom. The summed E-state index contributed by atoms with van der Waals surface area (Å²) in [5.41, 5.74) is 2.96. The summed E-state index contributed by atoms with van der Waals surface area (Å²) in [6.45, 7) is 4.12. The number of ether oxygens (including phenoxy) is 1. The van der Waals surface area contributed by atoms with E-state index in [1.54, 1.807) is 0 Å². The fourth-order valence-corrected chi connectivity index (χ4v) is 2.91. The number of benzene rings is 1. The van der Waals surface area contributed by atoms with E-state index in [0.717, 1.165) is 25.6 Å². The van der Waals surface area contributed by atoms with Gasteiger partial charge in [-0.2, -0.15) is 0 Å². The van der Waals surface area contributed by atoms with Gasteiger partial charge in [-0.05, 0) is 49.8 Å². The van der Waals surface area contributed by atoms with Crippen molar-refractivity contribution in [3.05, 3.63) is 35.4 Å². The Balaban J connectivity index is 2.07. The van der Waals surface area contributed by atoms with E-state index in [1.165, 1.54) is 30.4 Å². The van der Waals surface area contributed by atoms with E-state index in [1.807, 2.05) is 0 Å². The first kappa shape index (κ1) is 13.6. The molecule has 1 atom stereocenters. The Hall–Kier alpha value is -0.860. The number of nitrogens with one attached hydrogen (secondary N) is 1. The molecule has 2 rings (SSSR count). The first-order valence-electron chi connectivity index (χ1n) is 7.18. The molecule has 0 amide bonds. The van der Waals surface area contributed by atoms with Crippen molar-refractivity contribution in [2.75, 3.05) is 20.3 Å². The van der Waals surface area contributed by atoms with Gasteiger partial charge in [-0.25, -0.2) is 0 Å². The molecule has 2 nitrogen and oxygen atoms in total. The van der Waals surface area contributed by atoms with Crippen molar-refractivity contribution in [2.45, 2.75) is 38.6 Å². The standard InChI is InChI=1S/C16H25NO/c1-3-14-6-4-5-7-15(14)16(17-2)12-13-8-10-18-11-9-13/h4-7,13,16-17H,3,8-12H2,1-2H3. The van der Waals surface area contributed by atoms with Crippen LogP contribution >= 0.6 is 0 Å². The average molecular weight is 247 g/mol. The van der Waals surface area contributed by atoms with Crippen molar-refractivity contribution in [3.63, 3.8) is 0 Å². The van der Waals surface area contributed by atoms with E-state index in [0.29, 0.717) is 6.04 Å². The SMILES string of the molecule is CCc1ccccc1C(CC1CCOCC1)NC. The lowest BCUT2D eigenvalue weighted by atomic mass is 9.87. The number of hydrogen-bond acceptors (Lipinski definition) is 2. The molecule has 1 unspecified atom stereocenters. The van der Waals surface area contributed by atoms with E-state index in [4.69, 9.17) is 4.74 Å². The highest BCUT2D eigenvalue weighted by Gasteiger charge is 2.20. The second-order valence-corrected chi connectivity index (χ2v) is 5.19. The number of hydrogen-bond donors (Lipinski definition) is 1. The van der Waals surface area contributed by atoms with Gasteiger partial charge < -0.3 is 10.1 Å². The van der Waals surface area contributed by atoms with E-state index >= 15 is 0 Å². The maximum absolute atomic E-state index is 5.45. The number of rotatable bonds is 5. The quantitative estimate of drug-likeness (QED) is 0.861. The zero-order chi connectivity index (χ0) is 12.8.